The molecule has 0 atom stereocenters. The number of thiazole rings is 1. The molecule has 0 saturated heterocycles. The molecule has 2 aromatic carbocycles. The van der Waals surface area contributed by atoms with Crippen LogP contribution in [0.3, 0.4) is 0 Å². The summed E-state index contributed by atoms with van der Waals surface area (Å²) in [6.07, 6.45) is 3.01. The number of rotatable bonds is 5. The van der Waals surface area contributed by atoms with Crippen LogP contribution >= 0.6 is 34.5 Å². The molecule has 0 aliphatic heterocycles. The van der Waals surface area contributed by atoms with Crippen LogP contribution in [0.1, 0.15) is 22.7 Å². The molecule has 3 aromatic heterocycles. The topological polar surface area (TPSA) is 84.2 Å². The number of hydrogen-bond acceptors (Lipinski definition) is 6. The maximum absolute atomic E-state index is 12.8. The summed E-state index contributed by atoms with van der Waals surface area (Å²) >= 11 is 13.3. The van der Waals surface area contributed by atoms with E-state index in [0.29, 0.717) is 48.9 Å². The zero-order chi connectivity index (χ0) is 22.9. The Bertz CT molecular complexity index is 1630. The number of nitriles is 1. The predicted octanol–water partition coefficient (Wildman–Crippen LogP) is 4.92. The van der Waals surface area contributed by atoms with E-state index in [2.05, 4.69) is 16.2 Å². The lowest BCUT2D eigenvalue weighted by Gasteiger charge is -1.99. The molecule has 6 nitrogen and oxygen atoms in total. The molecular formula is C24H14Cl2N4O2S. The van der Waals surface area contributed by atoms with E-state index in [4.69, 9.17) is 32.9 Å². The van der Waals surface area contributed by atoms with Gasteiger partial charge in [-0.25, -0.2) is 4.98 Å². The Labute approximate surface area is 201 Å². The van der Waals surface area contributed by atoms with Gasteiger partial charge in [0, 0.05) is 18.1 Å². The SMILES string of the molecule is N#Cc1ccc(CCc2nc3s/c(=C\c4ccc(-c5ccc(Cl)c(Cl)c5)o4)c(=O)n3n2)cc1. The highest BCUT2D eigenvalue weighted by atomic mass is 35.5. The molecule has 0 aliphatic rings. The minimum atomic E-state index is -0.236. The summed E-state index contributed by atoms with van der Waals surface area (Å²) < 4.78 is 7.68. The summed E-state index contributed by atoms with van der Waals surface area (Å²) in [6, 6.07) is 18.4. The van der Waals surface area contributed by atoms with Crippen molar-refractivity contribution >= 4 is 45.6 Å². The van der Waals surface area contributed by atoms with Crippen molar-refractivity contribution in [1.82, 2.24) is 14.6 Å². The zero-order valence-electron chi connectivity index (χ0n) is 17.0. The number of aryl methyl sites for hydroxylation is 2. The van der Waals surface area contributed by atoms with E-state index in [0.717, 1.165) is 17.5 Å². The van der Waals surface area contributed by atoms with Gasteiger partial charge in [0.15, 0.2) is 5.82 Å². The maximum atomic E-state index is 12.8. The van der Waals surface area contributed by atoms with Crippen LogP contribution in [0.25, 0.3) is 22.4 Å². The molecule has 33 heavy (non-hydrogen) atoms. The first kappa shape index (κ1) is 21.4. The molecule has 162 valence electrons. The van der Waals surface area contributed by atoms with Crippen LogP contribution in [0, 0.1) is 11.3 Å². The van der Waals surface area contributed by atoms with Crippen LogP contribution in [0.4, 0.5) is 0 Å². The van der Waals surface area contributed by atoms with Gasteiger partial charge in [-0.2, -0.15) is 9.78 Å². The largest absolute Gasteiger partial charge is 0.457 e. The van der Waals surface area contributed by atoms with Gasteiger partial charge in [0.1, 0.15) is 16.1 Å². The second-order valence-electron chi connectivity index (χ2n) is 7.28. The number of fused-ring (bicyclic) bond motifs is 1. The fraction of sp³-hybridized carbons (Fsp3) is 0.0833. The van der Waals surface area contributed by atoms with Crippen molar-refractivity contribution in [2.75, 3.05) is 0 Å². The standard InChI is InChI=1S/C24H14Cl2N4O2S/c25-18-8-6-16(11-19(18)26)20-9-7-17(32-20)12-21-23(31)30-24(33-21)28-22(29-30)10-5-14-1-3-15(13-27)4-2-14/h1-4,6-9,11-12H,5,10H2/b21-12-. The van der Waals surface area contributed by atoms with Crippen molar-refractivity contribution in [2.45, 2.75) is 12.8 Å². The third kappa shape index (κ3) is 4.41. The predicted molar refractivity (Wildman–Crippen MR) is 129 cm³/mol. The molecule has 0 unspecified atom stereocenters. The van der Waals surface area contributed by atoms with Crippen LogP contribution in [0.5, 0.6) is 0 Å². The number of benzene rings is 2. The van der Waals surface area contributed by atoms with E-state index in [1.165, 1.54) is 15.9 Å². The molecule has 9 heteroatoms. The monoisotopic (exact) mass is 492 g/mol. The highest BCUT2D eigenvalue weighted by molar-refractivity contribution is 7.15. The second-order valence-corrected chi connectivity index (χ2v) is 9.10. The lowest BCUT2D eigenvalue weighted by Crippen LogP contribution is -2.23. The molecule has 0 bridgehead atoms. The average Bonchev–Trinajstić information content (AvgIpc) is 3.52. The van der Waals surface area contributed by atoms with Crippen molar-refractivity contribution in [2.24, 2.45) is 0 Å². The van der Waals surface area contributed by atoms with Gasteiger partial charge in [-0.15, -0.1) is 5.10 Å². The minimum Gasteiger partial charge on any atom is -0.457 e. The normalized spacial score (nSPS) is 11.8. The summed E-state index contributed by atoms with van der Waals surface area (Å²) in [7, 11) is 0. The Morgan fingerprint density at radius 1 is 1.06 bits per heavy atom. The van der Waals surface area contributed by atoms with Gasteiger partial charge in [0.2, 0.25) is 4.96 Å². The van der Waals surface area contributed by atoms with Crippen LogP contribution in [0.2, 0.25) is 10.0 Å². The molecule has 0 N–H and O–H groups in total. The van der Waals surface area contributed by atoms with Crippen LogP contribution in [-0.2, 0) is 12.8 Å². The van der Waals surface area contributed by atoms with Crippen molar-refractivity contribution < 1.29 is 4.42 Å². The fourth-order valence-electron chi connectivity index (χ4n) is 3.35. The van der Waals surface area contributed by atoms with Crippen molar-refractivity contribution in [3.05, 3.63) is 102 Å². The first-order valence-corrected chi connectivity index (χ1v) is 11.5. The third-order valence-corrected chi connectivity index (χ3v) is 6.75. The summed E-state index contributed by atoms with van der Waals surface area (Å²) in [5, 5.41) is 14.2. The van der Waals surface area contributed by atoms with Crippen LogP contribution in [-0.4, -0.2) is 14.6 Å². The van der Waals surface area contributed by atoms with Gasteiger partial charge >= 0.3 is 0 Å². The van der Waals surface area contributed by atoms with Gasteiger partial charge in [0.25, 0.3) is 5.56 Å². The van der Waals surface area contributed by atoms with E-state index >= 15 is 0 Å². The molecule has 3 heterocycles. The molecule has 0 spiro atoms. The highest BCUT2D eigenvalue weighted by Crippen LogP contribution is 2.29. The smallest absolute Gasteiger partial charge is 0.291 e. The molecule has 5 rings (SSSR count). The van der Waals surface area contributed by atoms with Crippen molar-refractivity contribution in [3.63, 3.8) is 0 Å². The fourth-order valence-corrected chi connectivity index (χ4v) is 4.55. The summed E-state index contributed by atoms with van der Waals surface area (Å²) in [6.45, 7) is 0. The van der Waals surface area contributed by atoms with Gasteiger partial charge in [-0.05, 0) is 54.4 Å². The lowest BCUT2D eigenvalue weighted by molar-refractivity contribution is 0.571. The maximum Gasteiger partial charge on any atom is 0.291 e. The quantitative estimate of drug-likeness (QED) is 0.347. The molecule has 0 aliphatic carbocycles. The number of nitrogens with zero attached hydrogens (tertiary/aromatic N) is 4. The summed E-state index contributed by atoms with van der Waals surface area (Å²) in [4.78, 5) is 17.8. The molecule has 0 amide bonds. The van der Waals surface area contributed by atoms with Gasteiger partial charge in [0.05, 0.1) is 21.7 Å². The first-order chi connectivity index (χ1) is 16.0. The second kappa shape index (κ2) is 8.83. The minimum absolute atomic E-state index is 0.236. The van der Waals surface area contributed by atoms with Crippen molar-refractivity contribution in [3.8, 4) is 17.4 Å². The van der Waals surface area contributed by atoms with E-state index in [1.807, 2.05) is 24.3 Å². The Morgan fingerprint density at radius 3 is 2.61 bits per heavy atom. The van der Waals surface area contributed by atoms with Gasteiger partial charge in [-0.3, -0.25) is 4.79 Å². The molecular weight excluding hydrogens is 479 g/mol. The number of furan rings is 1. The number of aromatic nitrogens is 3. The number of halogens is 2. The molecule has 0 saturated carbocycles. The lowest BCUT2D eigenvalue weighted by atomic mass is 10.1. The first-order valence-electron chi connectivity index (χ1n) is 9.94. The van der Waals surface area contributed by atoms with Crippen molar-refractivity contribution in [1.29, 1.82) is 5.26 Å². The zero-order valence-corrected chi connectivity index (χ0v) is 19.3. The van der Waals surface area contributed by atoms with E-state index in [1.54, 1.807) is 36.4 Å². The molecule has 0 radical (unpaired) electrons. The van der Waals surface area contributed by atoms with Gasteiger partial charge < -0.3 is 4.42 Å². The average molecular weight is 493 g/mol. The summed E-state index contributed by atoms with van der Waals surface area (Å²) in [5.74, 6) is 1.77. The Balaban J connectivity index is 1.36. The Morgan fingerprint density at radius 2 is 1.88 bits per heavy atom. The Kier molecular flexibility index (Phi) is 5.73. The summed E-state index contributed by atoms with van der Waals surface area (Å²) in [5.41, 5.74) is 2.26. The Hall–Kier alpha value is -3.44. The third-order valence-electron chi connectivity index (χ3n) is 5.05. The highest BCUT2D eigenvalue weighted by Gasteiger charge is 2.12. The van der Waals surface area contributed by atoms with Crippen LogP contribution < -0.4 is 10.1 Å². The van der Waals surface area contributed by atoms with Crippen LogP contribution in [0.15, 0.2) is 63.8 Å². The van der Waals surface area contributed by atoms with E-state index in [9.17, 15) is 4.79 Å². The van der Waals surface area contributed by atoms with Gasteiger partial charge in [-0.1, -0.05) is 46.7 Å². The van der Waals surface area contributed by atoms with E-state index < -0.39 is 0 Å². The van der Waals surface area contributed by atoms with E-state index in [-0.39, 0.29) is 5.56 Å². The molecule has 5 aromatic rings. The molecule has 0 fully saturated rings. The number of hydrogen-bond donors (Lipinski definition) is 0.